The first kappa shape index (κ1) is 17.0. The summed E-state index contributed by atoms with van der Waals surface area (Å²) >= 11 is 0. The molecule has 1 rings (SSSR count). The van der Waals surface area contributed by atoms with Crippen LogP contribution in [-0.2, 0) is 11.8 Å². The maximum Gasteiger partial charge on any atom is 0.0142 e. The molecule has 0 heterocycles. The Morgan fingerprint density at radius 3 is 2.05 bits per heavy atom. The zero-order valence-corrected chi connectivity index (χ0v) is 14.4. The van der Waals surface area contributed by atoms with Crippen molar-refractivity contribution in [2.45, 2.75) is 65.8 Å². The van der Waals surface area contributed by atoms with E-state index in [1.54, 1.807) is 0 Å². The van der Waals surface area contributed by atoms with Crippen molar-refractivity contribution in [1.82, 2.24) is 5.32 Å². The summed E-state index contributed by atoms with van der Waals surface area (Å²) in [5, 5.41) is 3.42. The van der Waals surface area contributed by atoms with Crippen LogP contribution in [0.15, 0.2) is 24.3 Å². The fraction of sp³-hybridized carbons (Fsp3) is 0.579. The molecule has 112 valence electrons. The van der Waals surface area contributed by atoms with Crippen molar-refractivity contribution < 1.29 is 0 Å². The highest BCUT2D eigenvalue weighted by atomic mass is 14.9. The van der Waals surface area contributed by atoms with Gasteiger partial charge in [0.15, 0.2) is 0 Å². The minimum Gasteiger partial charge on any atom is -0.316 e. The van der Waals surface area contributed by atoms with Crippen LogP contribution in [0.5, 0.6) is 0 Å². The number of hydrogen-bond donors (Lipinski definition) is 1. The predicted octanol–water partition coefficient (Wildman–Crippen LogP) is 4.70. The van der Waals surface area contributed by atoms with E-state index in [2.05, 4.69) is 65.6 Å². The van der Waals surface area contributed by atoms with Crippen LogP contribution in [0.25, 0.3) is 0 Å². The molecule has 1 unspecified atom stereocenters. The second kappa shape index (κ2) is 6.58. The van der Waals surface area contributed by atoms with Gasteiger partial charge in [-0.2, -0.15) is 0 Å². The lowest BCUT2D eigenvalue weighted by molar-refractivity contribution is 0.551. The molecule has 1 aromatic rings. The van der Waals surface area contributed by atoms with Crippen LogP contribution in [0.1, 0.15) is 56.4 Å². The van der Waals surface area contributed by atoms with E-state index >= 15 is 0 Å². The van der Waals surface area contributed by atoms with Crippen LogP contribution in [0.4, 0.5) is 0 Å². The van der Waals surface area contributed by atoms with Gasteiger partial charge in [0.05, 0.1) is 0 Å². The van der Waals surface area contributed by atoms with Gasteiger partial charge in [-0.05, 0) is 68.3 Å². The average molecular weight is 273 g/mol. The fourth-order valence-corrected chi connectivity index (χ4v) is 2.69. The molecule has 1 nitrogen and oxygen atoms in total. The second-order valence-electron chi connectivity index (χ2n) is 7.19. The summed E-state index contributed by atoms with van der Waals surface area (Å²) < 4.78 is 0. The number of likely N-dealkylation sites (N-methyl/N-ethyl adjacent to an activating group) is 1. The van der Waals surface area contributed by atoms with Crippen LogP contribution in [-0.4, -0.2) is 13.1 Å². The Morgan fingerprint density at radius 1 is 1.20 bits per heavy atom. The number of benzene rings is 1. The van der Waals surface area contributed by atoms with Crippen LogP contribution in [0.3, 0.4) is 0 Å². The molecule has 20 heavy (non-hydrogen) atoms. The molecule has 0 bridgehead atoms. The van der Waals surface area contributed by atoms with Crippen LogP contribution >= 0.6 is 0 Å². The van der Waals surface area contributed by atoms with Crippen molar-refractivity contribution in [3.63, 3.8) is 0 Å². The van der Waals surface area contributed by atoms with E-state index in [4.69, 9.17) is 0 Å². The van der Waals surface area contributed by atoms with Gasteiger partial charge in [-0.3, -0.25) is 0 Å². The molecule has 0 saturated carbocycles. The van der Waals surface area contributed by atoms with Crippen molar-refractivity contribution in [3.8, 4) is 0 Å². The lowest BCUT2D eigenvalue weighted by Crippen LogP contribution is -2.28. The first-order valence-corrected chi connectivity index (χ1v) is 7.57. The molecule has 1 atom stereocenters. The van der Waals surface area contributed by atoms with Crippen LogP contribution in [0, 0.1) is 13.8 Å². The highest BCUT2D eigenvalue weighted by molar-refractivity contribution is 5.41. The third-order valence-electron chi connectivity index (χ3n) is 4.02. The maximum atomic E-state index is 4.04. The van der Waals surface area contributed by atoms with E-state index < -0.39 is 0 Å². The minimum absolute atomic E-state index is 0.216. The van der Waals surface area contributed by atoms with Crippen molar-refractivity contribution in [2.24, 2.45) is 0 Å². The first-order valence-electron chi connectivity index (χ1n) is 7.57. The summed E-state index contributed by atoms with van der Waals surface area (Å²) in [6, 6.07) is 5.19. The number of rotatable bonds is 5. The number of aryl methyl sites for hydroxylation is 2. The van der Waals surface area contributed by atoms with E-state index in [0.29, 0.717) is 6.04 Å². The zero-order valence-electron chi connectivity index (χ0n) is 14.4. The molecule has 0 aliphatic heterocycles. The molecular weight excluding hydrogens is 242 g/mol. The molecule has 1 heteroatoms. The molecule has 0 spiro atoms. The third kappa shape index (κ3) is 4.49. The average Bonchev–Trinajstić information content (AvgIpc) is 2.30. The second-order valence-corrected chi connectivity index (χ2v) is 7.19. The highest BCUT2D eigenvalue weighted by Crippen LogP contribution is 2.27. The molecule has 1 N–H and O–H groups in total. The molecule has 0 amide bonds. The van der Waals surface area contributed by atoms with Crippen LogP contribution in [0.2, 0.25) is 0 Å². The van der Waals surface area contributed by atoms with Gasteiger partial charge >= 0.3 is 0 Å². The Balaban J connectivity index is 3.05. The molecule has 0 aliphatic rings. The van der Waals surface area contributed by atoms with Crippen molar-refractivity contribution in [3.05, 3.63) is 46.5 Å². The molecule has 0 fully saturated rings. The number of hydrogen-bond acceptors (Lipinski definition) is 1. The monoisotopic (exact) mass is 273 g/mol. The zero-order chi connectivity index (χ0) is 15.5. The minimum atomic E-state index is 0.216. The third-order valence-corrected chi connectivity index (χ3v) is 4.02. The molecular formula is C19H31N. The highest BCUT2D eigenvalue weighted by Gasteiger charge is 2.17. The van der Waals surface area contributed by atoms with E-state index in [0.717, 1.165) is 12.8 Å². The normalized spacial score (nSPS) is 13.3. The van der Waals surface area contributed by atoms with Gasteiger partial charge in [-0.15, -0.1) is 6.58 Å². The van der Waals surface area contributed by atoms with E-state index in [9.17, 15) is 0 Å². The van der Waals surface area contributed by atoms with Crippen molar-refractivity contribution in [2.75, 3.05) is 7.05 Å². The topological polar surface area (TPSA) is 12.0 Å². The maximum absolute atomic E-state index is 4.04. The Morgan fingerprint density at radius 2 is 1.70 bits per heavy atom. The van der Waals surface area contributed by atoms with Crippen molar-refractivity contribution >= 4 is 0 Å². The summed E-state index contributed by atoms with van der Waals surface area (Å²) in [4.78, 5) is 0. The SMILES string of the molecule is C=C(C)CC(Cc1c(C)cc(C(C)(C)C)cc1C)NC. The molecule has 0 saturated heterocycles. The Bertz CT molecular complexity index is 454. The van der Waals surface area contributed by atoms with E-state index in [1.165, 1.54) is 27.8 Å². The van der Waals surface area contributed by atoms with Gasteiger partial charge in [0.2, 0.25) is 0 Å². The van der Waals surface area contributed by atoms with Gasteiger partial charge in [-0.1, -0.05) is 38.5 Å². The first-order chi connectivity index (χ1) is 9.15. The predicted molar refractivity (Wildman–Crippen MR) is 90.6 cm³/mol. The molecule has 0 aliphatic carbocycles. The van der Waals surface area contributed by atoms with Gasteiger partial charge in [0.1, 0.15) is 0 Å². The molecule has 0 radical (unpaired) electrons. The lowest BCUT2D eigenvalue weighted by atomic mass is 9.82. The van der Waals surface area contributed by atoms with Gasteiger partial charge < -0.3 is 5.32 Å². The standard InChI is InChI=1S/C19H31N/c1-13(2)9-17(20-8)12-18-14(3)10-16(11-15(18)4)19(5,6)7/h10-11,17,20H,1,9,12H2,2-8H3. The lowest BCUT2D eigenvalue weighted by Gasteiger charge is -2.24. The Labute approximate surface area is 125 Å². The quantitative estimate of drug-likeness (QED) is 0.767. The van der Waals surface area contributed by atoms with E-state index in [1.807, 2.05) is 7.05 Å². The van der Waals surface area contributed by atoms with Crippen LogP contribution < -0.4 is 5.32 Å². The smallest absolute Gasteiger partial charge is 0.0142 e. The fourth-order valence-electron chi connectivity index (χ4n) is 2.69. The van der Waals surface area contributed by atoms with E-state index in [-0.39, 0.29) is 5.41 Å². The summed E-state index contributed by atoms with van der Waals surface area (Å²) in [6.07, 6.45) is 2.11. The van der Waals surface area contributed by atoms with Crippen molar-refractivity contribution in [1.29, 1.82) is 0 Å². The largest absolute Gasteiger partial charge is 0.316 e. The summed E-state index contributed by atoms with van der Waals surface area (Å²) in [5.74, 6) is 0. The summed E-state index contributed by atoms with van der Waals surface area (Å²) in [7, 11) is 2.04. The summed E-state index contributed by atoms with van der Waals surface area (Å²) in [6.45, 7) is 17.5. The number of nitrogens with one attached hydrogen (secondary N) is 1. The molecule has 0 aromatic heterocycles. The summed E-state index contributed by atoms with van der Waals surface area (Å²) in [5.41, 5.74) is 7.20. The Hall–Kier alpha value is -1.08. The van der Waals surface area contributed by atoms with Gasteiger partial charge in [0.25, 0.3) is 0 Å². The molecule has 1 aromatic carbocycles. The van der Waals surface area contributed by atoms with Gasteiger partial charge in [-0.25, -0.2) is 0 Å². The van der Waals surface area contributed by atoms with Gasteiger partial charge in [0, 0.05) is 6.04 Å². The Kier molecular flexibility index (Phi) is 5.59.